The predicted octanol–water partition coefficient (Wildman–Crippen LogP) is 0.720. The average molecular weight is 237 g/mol. The van der Waals surface area contributed by atoms with E-state index in [-0.39, 0.29) is 5.69 Å². The Labute approximate surface area is 99.3 Å². The molecule has 17 heavy (non-hydrogen) atoms. The smallest absolute Gasteiger partial charge is 0.326 e. The monoisotopic (exact) mass is 237 g/mol. The highest BCUT2D eigenvalue weighted by atomic mass is 16.4. The van der Waals surface area contributed by atoms with Crippen LogP contribution in [0.25, 0.3) is 0 Å². The van der Waals surface area contributed by atoms with Crippen LogP contribution in [-0.2, 0) is 4.79 Å². The largest absolute Gasteiger partial charge is 0.480 e. The lowest BCUT2D eigenvalue weighted by molar-refractivity contribution is -0.142. The number of hydrogen-bond acceptors (Lipinski definition) is 4. The number of aliphatic carboxylic acids is 1. The van der Waals surface area contributed by atoms with Gasteiger partial charge in [0.15, 0.2) is 0 Å². The van der Waals surface area contributed by atoms with Crippen molar-refractivity contribution >= 4 is 11.9 Å². The van der Waals surface area contributed by atoms with Crippen molar-refractivity contribution in [3.05, 3.63) is 23.8 Å². The molecule has 92 valence electrons. The fourth-order valence-electron chi connectivity index (χ4n) is 1.44. The van der Waals surface area contributed by atoms with E-state index >= 15 is 0 Å². The first kappa shape index (κ1) is 13.1. The summed E-state index contributed by atoms with van der Waals surface area (Å²) in [7, 11) is 1.45. The maximum absolute atomic E-state index is 11.9. The Morgan fingerprint density at radius 1 is 1.41 bits per heavy atom. The molecule has 0 bridgehead atoms. The summed E-state index contributed by atoms with van der Waals surface area (Å²) in [5.74, 6) is -1.46. The van der Waals surface area contributed by atoms with Crippen molar-refractivity contribution in [3.8, 4) is 0 Å². The number of aryl methyl sites for hydroxylation is 1. The molecule has 0 aliphatic carbocycles. The van der Waals surface area contributed by atoms with Crippen LogP contribution in [0.2, 0.25) is 0 Å². The van der Waals surface area contributed by atoms with Gasteiger partial charge >= 0.3 is 5.97 Å². The van der Waals surface area contributed by atoms with Crippen molar-refractivity contribution < 1.29 is 14.7 Å². The Morgan fingerprint density at radius 2 is 2.06 bits per heavy atom. The first-order valence-corrected chi connectivity index (χ1v) is 5.26. The van der Waals surface area contributed by atoms with Crippen molar-refractivity contribution in [2.24, 2.45) is 0 Å². The van der Waals surface area contributed by atoms with Gasteiger partial charge in [-0.05, 0) is 13.3 Å². The SMILES string of the molecule is CCC(C(=O)O)N(C)C(=O)c1cnc(C)cn1. The van der Waals surface area contributed by atoms with E-state index in [0.717, 1.165) is 0 Å². The second-order valence-corrected chi connectivity index (χ2v) is 3.72. The Morgan fingerprint density at radius 3 is 2.47 bits per heavy atom. The molecule has 1 rings (SSSR count). The van der Waals surface area contributed by atoms with Crippen molar-refractivity contribution in [1.82, 2.24) is 14.9 Å². The number of aromatic nitrogens is 2. The number of rotatable bonds is 4. The summed E-state index contributed by atoms with van der Waals surface area (Å²) in [6.07, 6.45) is 3.17. The lowest BCUT2D eigenvalue weighted by atomic mass is 10.2. The van der Waals surface area contributed by atoms with Gasteiger partial charge in [-0.15, -0.1) is 0 Å². The topological polar surface area (TPSA) is 83.4 Å². The average Bonchev–Trinajstić information content (AvgIpc) is 2.29. The molecule has 1 aromatic rings. The van der Waals surface area contributed by atoms with E-state index < -0.39 is 17.9 Å². The van der Waals surface area contributed by atoms with Gasteiger partial charge < -0.3 is 10.0 Å². The molecule has 0 aliphatic heterocycles. The van der Waals surface area contributed by atoms with E-state index in [4.69, 9.17) is 5.11 Å². The van der Waals surface area contributed by atoms with E-state index in [1.807, 2.05) is 0 Å². The van der Waals surface area contributed by atoms with Crippen LogP contribution in [0.5, 0.6) is 0 Å². The highest BCUT2D eigenvalue weighted by Gasteiger charge is 2.26. The number of carbonyl (C=O) groups is 2. The molecule has 0 spiro atoms. The Balaban J connectivity index is 2.89. The minimum absolute atomic E-state index is 0.151. The van der Waals surface area contributed by atoms with Gasteiger partial charge in [-0.3, -0.25) is 9.78 Å². The zero-order valence-corrected chi connectivity index (χ0v) is 10.0. The Kier molecular flexibility index (Phi) is 4.14. The summed E-state index contributed by atoms with van der Waals surface area (Å²) in [5.41, 5.74) is 0.854. The number of nitrogens with zero attached hydrogens (tertiary/aromatic N) is 3. The Bertz CT molecular complexity index is 416. The zero-order valence-electron chi connectivity index (χ0n) is 10.0. The molecule has 0 aliphatic rings. The lowest BCUT2D eigenvalue weighted by Crippen LogP contribution is -2.42. The fourth-order valence-corrected chi connectivity index (χ4v) is 1.44. The third-order valence-corrected chi connectivity index (χ3v) is 2.46. The molecule has 0 aromatic carbocycles. The van der Waals surface area contributed by atoms with Gasteiger partial charge in [0.1, 0.15) is 11.7 Å². The first-order valence-electron chi connectivity index (χ1n) is 5.26. The zero-order chi connectivity index (χ0) is 13.0. The molecule has 1 unspecified atom stereocenters. The van der Waals surface area contributed by atoms with Crippen LogP contribution >= 0.6 is 0 Å². The van der Waals surface area contributed by atoms with Crippen LogP contribution in [0.3, 0.4) is 0 Å². The molecule has 1 aromatic heterocycles. The van der Waals surface area contributed by atoms with Gasteiger partial charge in [-0.2, -0.15) is 0 Å². The van der Waals surface area contributed by atoms with Crippen molar-refractivity contribution in [2.45, 2.75) is 26.3 Å². The number of carboxylic acid groups (broad SMARTS) is 1. The minimum Gasteiger partial charge on any atom is -0.480 e. The van der Waals surface area contributed by atoms with Gasteiger partial charge in [0.25, 0.3) is 5.91 Å². The molecule has 6 heteroatoms. The van der Waals surface area contributed by atoms with E-state index in [9.17, 15) is 9.59 Å². The highest BCUT2D eigenvalue weighted by molar-refractivity contribution is 5.94. The van der Waals surface area contributed by atoms with Crippen molar-refractivity contribution in [1.29, 1.82) is 0 Å². The number of amides is 1. The normalized spacial score (nSPS) is 11.9. The molecule has 0 saturated heterocycles. The second kappa shape index (κ2) is 5.38. The standard InChI is InChI=1S/C11H15N3O3/c1-4-9(11(16)17)14(3)10(15)8-6-12-7(2)5-13-8/h5-6,9H,4H2,1-3H3,(H,16,17). The molecular weight excluding hydrogens is 222 g/mol. The molecule has 1 heterocycles. The van der Waals surface area contributed by atoms with Crippen molar-refractivity contribution in [3.63, 3.8) is 0 Å². The lowest BCUT2D eigenvalue weighted by Gasteiger charge is -2.23. The van der Waals surface area contributed by atoms with E-state index in [2.05, 4.69) is 9.97 Å². The van der Waals surface area contributed by atoms with Gasteiger partial charge in [0, 0.05) is 13.2 Å². The number of hydrogen-bond donors (Lipinski definition) is 1. The van der Waals surface area contributed by atoms with Crippen molar-refractivity contribution in [2.75, 3.05) is 7.05 Å². The Hall–Kier alpha value is -1.98. The summed E-state index contributed by atoms with van der Waals surface area (Å²) >= 11 is 0. The second-order valence-electron chi connectivity index (χ2n) is 3.72. The molecule has 0 saturated carbocycles. The summed E-state index contributed by atoms with van der Waals surface area (Å²) in [6, 6.07) is -0.842. The summed E-state index contributed by atoms with van der Waals surface area (Å²) in [5, 5.41) is 8.95. The summed E-state index contributed by atoms with van der Waals surface area (Å²) in [4.78, 5) is 31.9. The van der Waals surface area contributed by atoms with Gasteiger partial charge in [0.05, 0.1) is 11.9 Å². The summed E-state index contributed by atoms with van der Waals surface area (Å²) in [6.45, 7) is 3.47. The predicted molar refractivity (Wildman–Crippen MR) is 60.6 cm³/mol. The molecule has 1 N–H and O–H groups in total. The third kappa shape index (κ3) is 2.99. The maximum Gasteiger partial charge on any atom is 0.326 e. The van der Waals surface area contributed by atoms with Crippen LogP contribution in [-0.4, -0.2) is 44.9 Å². The molecule has 6 nitrogen and oxygen atoms in total. The van der Waals surface area contributed by atoms with E-state index in [1.165, 1.54) is 24.3 Å². The van der Waals surface area contributed by atoms with Gasteiger partial charge in [0.2, 0.25) is 0 Å². The maximum atomic E-state index is 11.9. The van der Waals surface area contributed by atoms with E-state index in [1.54, 1.807) is 13.8 Å². The summed E-state index contributed by atoms with van der Waals surface area (Å²) < 4.78 is 0. The quantitative estimate of drug-likeness (QED) is 0.834. The fraction of sp³-hybridized carbons (Fsp3) is 0.455. The van der Waals surface area contributed by atoms with Crippen LogP contribution in [0.4, 0.5) is 0 Å². The number of carboxylic acids is 1. The number of carbonyl (C=O) groups excluding carboxylic acids is 1. The van der Waals surface area contributed by atoms with Crippen LogP contribution in [0.1, 0.15) is 29.5 Å². The molecule has 0 fully saturated rings. The van der Waals surface area contributed by atoms with Gasteiger partial charge in [-0.25, -0.2) is 9.78 Å². The molecule has 1 atom stereocenters. The molecule has 0 radical (unpaired) electrons. The van der Waals surface area contributed by atoms with Crippen LogP contribution in [0.15, 0.2) is 12.4 Å². The minimum atomic E-state index is -1.02. The number of likely N-dealkylation sites (N-methyl/N-ethyl adjacent to an activating group) is 1. The highest BCUT2D eigenvalue weighted by Crippen LogP contribution is 2.07. The van der Waals surface area contributed by atoms with Crippen LogP contribution < -0.4 is 0 Å². The molecular formula is C11H15N3O3. The molecule has 1 amide bonds. The van der Waals surface area contributed by atoms with Gasteiger partial charge in [-0.1, -0.05) is 6.92 Å². The van der Waals surface area contributed by atoms with Crippen LogP contribution in [0, 0.1) is 6.92 Å². The first-order chi connectivity index (χ1) is 7.97. The van der Waals surface area contributed by atoms with E-state index in [0.29, 0.717) is 12.1 Å². The third-order valence-electron chi connectivity index (χ3n) is 2.46.